The molecule has 0 amide bonds. The fourth-order valence-corrected chi connectivity index (χ4v) is 10.2. The molecule has 0 aromatic carbocycles. The Morgan fingerprint density at radius 1 is 1.15 bits per heavy atom. The SMILES string of the molecule is CCC(=O)O[C@H]1CC[C@@]2(C)C(=CC[C@H]3[C@H]4C[C@@H]5O[C@]6(CC[C@H](C)CN6)[C@@H](C)[C@@H]5[C@@]4(C)CC[C@@H]32)C1. The van der Waals surface area contributed by atoms with Crippen LogP contribution in [0.5, 0.6) is 0 Å². The zero-order valence-electron chi connectivity index (χ0n) is 22.2. The third-order valence-corrected chi connectivity index (χ3v) is 12.1. The Balaban J connectivity index is 1.22. The summed E-state index contributed by atoms with van der Waals surface area (Å²) in [6.45, 7) is 13.1. The van der Waals surface area contributed by atoms with Crippen molar-refractivity contribution in [3.63, 3.8) is 0 Å². The third-order valence-electron chi connectivity index (χ3n) is 12.1. The van der Waals surface area contributed by atoms with Crippen LogP contribution in [0.1, 0.15) is 98.8 Å². The van der Waals surface area contributed by atoms with Crippen LogP contribution in [0.4, 0.5) is 0 Å². The van der Waals surface area contributed by atoms with Gasteiger partial charge in [-0.2, -0.15) is 0 Å². The van der Waals surface area contributed by atoms with Gasteiger partial charge in [-0.05, 0) is 91.8 Å². The van der Waals surface area contributed by atoms with Gasteiger partial charge < -0.3 is 9.47 Å². The minimum Gasteiger partial charge on any atom is -0.462 e. The van der Waals surface area contributed by atoms with E-state index >= 15 is 0 Å². The van der Waals surface area contributed by atoms with E-state index in [1.165, 1.54) is 44.9 Å². The van der Waals surface area contributed by atoms with Gasteiger partial charge in [0.1, 0.15) is 11.8 Å². The van der Waals surface area contributed by atoms with Crippen molar-refractivity contribution in [2.75, 3.05) is 6.54 Å². The number of nitrogens with one attached hydrogen (secondary N) is 1. The van der Waals surface area contributed by atoms with E-state index in [1.807, 2.05) is 6.92 Å². The first kappa shape index (κ1) is 23.5. The molecule has 2 saturated heterocycles. The van der Waals surface area contributed by atoms with Gasteiger partial charge in [0.05, 0.1) is 6.10 Å². The van der Waals surface area contributed by atoms with Crippen molar-refractivity contribution >= 4 is 5.97 Å². The van der Waals surface area contributed by atoms with Crippen LogP contribution in [0.2, 0.25) is 0 Å². The van der Waals surface area contributed by atoms with Crippen LogP contribution in [-0.4, -0.2) is 30.4 Å². The molecule has 1 spiro atoms. The predicted octanol–water partition coefficient (Wildman–Crippen LogP) is 6.25. The van der Waals surface area contributed by atoms with Crippen LogP contribution >= 0.6 is 0 Å². The molecule has 0 aromatic heterocycles. The van der Waals surface area contributed by atoms with E-state index in [4.69, 9.17) is 9.47 Å². The molecule has 6 rings (SSSR count). The first-order valence-electron chi connectivity index (χ1n) is 14.5. The lowest BCUT2D eigenvalue weighted by atomic mass is 9.47. The second-order valence-electron chi connectivity index (χ2n) is 13.6. The summed E-state index contributed by atoms with van der Waals surface area (Å²) in [4.78, 5) is 11.9. The van der Waals surface area contributed by atoms with Gasteiger partial charge in [0.25, 0.3) is 0 Å². The normalized spacial score (nSPS) is 54.0. The zero-order valence-corrected chi connectivity index (χ0v) is 22.2. The molecule has 0 aromatic rings. The van der Waals surface area contributed by atoms with E-state index < -0.39 is 0 Å². The number of carbonyl (C=O) groups is 1. The third kappa shape index (κ3) is 3.26. The lowest BCUT2D eigenvalue weighted by molar-refractivity contribution is -0.151. The van der Waals surface area contributed by atoms with Crippen molar-refractivity contribution < 1.29 is 14.3 Å². The monoisotopic (exact) mass is 469 g/mol. The van der Waals surface area contributed by atoms with Crippen molar-refractivity contribution in [2.24, 2.45) is 46.3 Å². The molecule has 2 aliphatic heterocycles. The smallest absolute Gasteiger partial charge is 0.305 e. The fourth-order valence-electron chi connectivity index (χ4n) is 10.2. The Morgan fingerprint density at radius 3 is 2.71 bits per heavy atom. The van der Waals surface area contributed by atoms with E-state index in [0.29, 0.717) is 35.2 Å². The van der Waals surface area contributed by atoms with Crippen molar-refractivity contribution in [1.29, 1.82) is 0 Å². The molecule has 4 aliphatic carbocycles. The van der Waals surface area contributed by atoms with Crippen molar-refractivity contribution in [3.05, 3.63) is 11.6 Å². The molecule has 0 radical (unpaired) electrons. The summed E-state index contributed by atoms with van der Waals surface area (Å²) in [6, 6.07) is 0. The minimum absolute atomic E-state index is 0.0392. The Labute approximate surface area is 207 Å². The maximum Gasteiger partial charge on any atom is 0.305 e. The van der Waals surface area contributed by atoms with Crippen LogP contribution in [0.25, 0.3) is 0 Å². The van der Waals surface area contributed by atoms with Gasteiger partial charge in [0.2, 0.25) is 0 Å². The first-order chi connectivity index (χ1) is 16.2. The topological polar surface area (TPSA) is 47.6 Å². The molecule has 0 bridgehead atoms. The highest BCUT2D eigenvalue weighted by atomic mass is 16.5. The second kappa shape index (κ2) is 8.07. The average molecular weight is 470 g/mol. The van der Waals surface area contributed by atoms with E-state index in [-0.39, 0.29) is 17.8 Å². The summed E-state index contributed by atoms with van der Waals surface area (Å²) < 4.78 is 12.8. The Morgan fingerprint density at radius 2 is 1.97 bits per heavy atom. The van der Waals surface area contributed by atoms with Crippen LogP contribution < -0.4 is 5.32 Å². The number of hydrogen-bond acceptors (Lipinski definition) is 4. The standard InChI is InChI=1S/C30H47NO3/c1-6-26(32)33-21-10-12-28(4)20(15-21)7-8-22-23(28)11-13-29(5)24(22)16-25-27(29)19(3)30(34-25)14-9-18(2)17-31-30/h7,18-19,21-25,27,31H,6,8-17H2,1-5H3/t18-,19-,21-,22+,23-,24+,25-,27-,28-,29-,30+/m0/s1. The number of carbonyl (C=O) groups excluding carboxylic acids is 1. The fraction of sp³-hybridized carbons (Fsp3) is 0.900. The summed E-state index contributed by atoms with van der Waals surface area (Å²) in [5.41, 5.74) is 2.24. The molecule has 2 heterocycles. The highest BCUT2D eigenvalue weighted by Gasteiger charge is 2.68. The molecule has 11 atom stereocenters. The molecular weight excluding hydrogens is 422 g/mol. The number of esters is 1. The van der Waals surface area contributed by atoms with E-state index in [0.717, 1.165) is 43.1 Å². The summed E-state index contributed by atoms with van der Waals surface area (Å²) in [6.07, 6.45) is 14.5. The quantitative estimate of drug-likeness (QED) is 0.384. The molecule has 1 N–H and O–H groups in total. The maximum atomic E-state index is 11.9. The van der Waals surface area contributed by atoms with Gasteiger partial charge >= 0.3 is 5.97 Å². The summed E-state index contributed by atoms with van der Waals surface area (Å²) >= 11 is 0. The van der Waals surface area contributed by atoms with Crippen molar-refractivity contribution in [3.8, 4) is 0 Å². The molecule has 6 aliphatic rings. The van der Waals surface area contributed by atoms with Crippen molar-refractivity contribution in [2.45, 2.75) is 117 Å². The Bertz CT molecular complexity index is 859. The number of fused-ring (bicyclic) bond motifs is 7. The van der Waals surface area contributed by atoms with Gasteiger partial charge in [-0.1, -0.05) is 46.3 Å². The molecule has 5 fully saturated rings. The van der Waals surface area contributed by atoms with Crippen LogP contribution in [0.15, 0.2) is 11.6 Å². The van der Waals surface area contributed by atoms with Gasteiger partial charge in [-0.15, -0.1) is 0 Å². The predicted molar refractivity (Wildman–Crippen MR) is 134 cm³/mol. The van der Waals surface area contributed by atoms with E-state index in [2.05, 4.69) is 39.1 Å². The molecule has 4 nitrogen and oxygen atoms in total. The largest absolute Gasteiger partial charge is 0.462 e. The summed E-state index contributed by atoms with van der Waals surface area (Å²) in [5.74, 6) is 4.39. The Hall–Kier alpha value is -0.870. The lowest BCUT2D eigenvalue weighted by Gasteiger charge is -2.58. The van der Waals surface area contributed by atoms with E-state index in [1.54, 1.807) is 5.57 Å². The first-order valence-corrected chi connectivity index (χ1v) is 14.5. The summed E-state index contributed by atoms with van der Waals surface area (Å²) in [7, 11) is 0. The number of piperidine rings is 1. The number of allylic oxidation sites excluding steroid dienone is 1. The molecule has 190 valence electrons. The highest BCUT2D eigenvalue weighted by Crippen LogP contribution is 2.70. The maximum absolute atomic E-state index is 11.9. The van der Waals surface area contributed by atoms with Crippen LogP contribution in [0.3, 0.4) is 0 Å². The van der Waals surface area contributed by atoms with E-state index in [9.17, 15) is 4.79 Å². The molecular formula is C30H47NO3. The average Bonchev–Trinajstić information content (AvgIpc) is 3.26. The lowest BCUT2D eigenvalue weighted by Crippen LogP contribution is -2.57. The zero-order chi connectivity index (χ0) is 23.9. The van der Waals surface area contributed by atoms with Crippen LogP contribution in [-0.2, 0) is 14.3 Å². The Kier molecular flexibility index (Phi) is 5.58. The highest BCUT2D eigenvalue weighted by molar-refractivity contribution is 5.69. The minimum atomic E-state index is -0.0629. The van der Waals surface area contributed by atoms with Crippen LogP contribution in [0, 0.1) is 46.3 Å². The molecule has 4 heteroatoms. The number of hydrogen-bond donors (Lipinski definition) is 1. The molecule has 34 heavy (non-hydrogen) atoms. The summed E-state index contributed by atoms with van der Waals surface area (Å²) in [5, 5.41) is 3.89. The van der Waals surface area contributed by atoms with Gasteiger partial charge in [0, 0.05) is 25.3 Å². The van der Waals surface area contributed by atoms with Crippen molar-refractivity contribution in [1.82, 2.24) is 5.32 Å². The van der Waals surface area contributed by atoms with Gasteiger partial charge in [-0.3, -0.25) is 10.1 Å². The number of rotatable bonds is 2. The second-order valence-corrected chi connectivity index (χ2v) is 13.6. The van der Waals surface area contributed by atoms with Gasteiger partial charge in [-0.25, -0.2) is 0 Å². The van der Waals surface area contributed by atoms with Gasteiger partial charge in [0.15, 0.2) is 0 Å². The molecule has 3 saturated carbocycles. The molecule has 0 unspecified atom stereocenters. The number of ether oxygens (including phenoxy) is 2.